The van der Waals surface area contributed by atoms with Crippen molar-refractivity contribution in [3.05, 3.63) is 18.0 Å². The molecule has 17 heavy (non-hydrogen) atoms. The summed E-state index contributed by atoms with van der Waals surface area (Å²) in [5, 5.41) is 7.25. The van der Waals surface area contributed by atoms with E-state index in [2.05, 4.69) is 10.4 Å². The van der Waals surface area contributed by atoms with Gasteiger partial charge in [-0.05, 0) is 32.4 Å². The normalized spacial score (nSPS) is 12.9. The smallest absolute Gasteiger partial charge is 0.153 e. The number of rotatable bonds is 6. The Hall–Kier alpha value is -0.880. The highest BCUT2D eigenvalue weighted by atomic mass is 32.2. The third-order valence-corrected chi connectivity index (χ3v) is 5.06. The number of hydrogen-bond donors (Lipinski definition) is 1. The molecule has 0 aromatic carbocycles. The Kier molecular flexibility index (Phi) is 4.32. The van der Waals surface area contributed by atoms with Gasteiger partial charge >= 0.3 is 0 Å². The van der Waals surface area contributed by atoms with Gasteiger partial charge in [-0.3, -0.25) is 4.68 Å². The monoisotopic (exact) mass is 259 g/mol. The van der Waals surface area contributed by atoms with Crippen molar-refractivity contribution in [1.82, 2.24) is 15.1 Å². The van der Waals surface area contributed by atoms with Gasteiger partial charge in [-0.15, -0.1) is 0 Å². The second-order valence-corrected chi connectivity index (χ2v) is 7.63. The Bertz CT molecular complexity index is 463. The number of aromatic nitrogens is 2. The molecular weight excluding hydrogens is 238 g/mol. The molecule has 98 valence electrons. The highest BCUT2D eigenvalue weighted by Gasteiger charge is 2.29. The summed E-state index contributed by atoms with van der Waals surface area (Å²) in [7, 11) is -1.14. The number of aryl methyl sites for hydroxylation is 1. The minimum absolute atomic E-state index is 0.464. The van der Waals surface area contributed by atoms with E-state index in [9.17, 15) is 8.42 Å². The van der Waals surface area contributed by atoms with Crippen molar-refractivity contribution in [2.24, 2.45) is 7.05 Å². The fraction of sp³-hybridized carbons (Fsp3) is 0.727. The second-order valence-electron chi connectivity index (χ2n) is 4.98. The van der Waals surface area contributed by atoms with Gasteiger partial charge in [0.2, 0.25) is 0 Å². The Labute approximate surface area is 103 Å². The molecule has 0 saturated carbocycles. The molecule has 0 aliphatic heterocycles. The molecule has 0 radical (unpaired) electrons. The summed E-state index contributed by atoms with van der Waals surface area (Å²) in [4.78, 5) is 0. The van der Waals surface area contributed by atoms with Gasteiger partial charge in [-0.2, -0.15) is 5.10 Å². The van der Waals surface area contributed by atoms with Crippen LogP contribution in [0.4, 0.5) is 0 Å². The summed E-state index contributed by atoms with van der Waals surface area (Å²) in [5.41, 5.74) is 1.15. The molecule has 1 rings (SSSR count). The average molecular weight is 259 g/mol. The first-order valence-electron chi connectivity index (χ1n) is 5.60. The van der Waals surface area contributed by atoms with E-state index < -0.39 is 14.6 Å². The van der Waals surface area contributed by atoms with Gasteiger partial charge in [0, 0.05) is 26.0 Å². The lowest BCUT2D eigenvalue weighted by Crippen LogP contribution is -2.42. The predicted octanol–water partition coefficient (Wildman–Crippen LogP) is 0.375. The third-order valence-electron chi connectivity index (χ3n) is 2.90. The van der Waals surface area contributed by atoms with Crippen LogP contribution in [0.3, 0.4) is 0 Å². The van der Waals surface area contributed by atoms with Crippen LogP contribution in [0.2, 0.25) is 0 Å². The lowest BCUT2D eigenvalue weighted by atomic mass is 10.2. The maximum absolute atomic E-state index is 11.5. The summed E-state index contributed by atoms with van der Waals surface area (Å²) in [6.07, 6.45) is 5.91. The fourth-order valence-electron chi connectivity index (χ4n) is 1.35. The van der Waals surface area contributed by atoms with Gasteiger partial charge in [-0.25, -0.2) is 8.42 Å². The summed E-state index contributed by atoms with van der Waals surface area (Å²) < 4.78 is 24.0. The van der Waals surface area contributed by atoms with Gasteiger partial charge in [0.05, 0.1) is 10.9 Å². The minimum atomic E-state index is -3.02. The lowest BCUT2D eigenvalue weighted by Gasteiger charge is -2.22. The second kappa shape index (κ2) is 5.18. The molecule has 0 aliphatic carbocycles. The Balaban J connectivity index is 2.34. The quantitative estimate of drug-likeness (QED) is 0.750. The molecule has 1 N–H and O–H groups in total. The topological polar surface area (TPSA) is 64.0 Å². The first-order chi connectivity index (χ1) is 7.72. The SMILES string of the molecule is Cn1cc(CCNCC(C)(C)S(C)(=O)=O)cn1. The van der Waals surface area contributed by atoms with E-state index in [0.29, 0.717) is 6.54 Å². The van der Waals surface area contributed by atoms with Crippen LogP contribution in [0, 0.1) is 0 Å². The van der Waals surface area contributed by atoms with Crippen molar-refractivity contribution in [2.75, 3.05) is 19.3 Å². The molecule has 5 nitrogen and oxygen atoms in total. The van der Waals surface area contributed by atoms with Crippen molar-refractivity contribution in [2.45, 2.75) is 25.0 Å². The van der Waals surface area contributed by atoms with E-state index in [1.54, 1.807) is 18.5 Å². The van der Waals surface area contributed by atoms with Crippen LogP contribution >= 0.6 is 0 Å². The maximum Gasteiger partial charge on any atom is 0.153 e. The van der Waals surface area contributed by atoms with Crippen LogP contribution in [0.15, 0.2) is 12.4 Å². The van der Waals surface area contributed by atoms with Crippen LogP contribution in [-0.4, -0.2) is 42.3 Å². The molecule has 1 heterocycles. The Morgan fingerprint density at radius 3 is 2.59 bits per heavy atom. The number of nitrogens with zero attached hydrogens (tertiary/aromatic N) is 2. The van der Waals surface area contributed by atoms with Crippen LogP contribution in [0.1, 0.15) is 19.4 Å². The first-order valence-corrected chi connectivity index (χ1v) is 7.49. The molecule has 0 spiro atoms. The van der Waals surface area contributed by atoms with Gasteiger partial charge < -0.3 is 5.32 Å². The van der Waals surface area contributed by atoms with E-state index in [4.69, 9.17) is 0 Å². The summed E-state index contributed by atoms with van der Waals surface area (Å²) >= 11 is 0. The van der Waals surface area contributed by atoms with E-state index in [1.165, 1.54) is 6.26 Å². The van der Waals surface area contributed by atoms with Crippen LogP contribution in [0.5, 0.6) is 0 Å². The van der Waals surface area contributed by atoms with Crippen molar-refractivity contribution in [3.8, 4) is 0 Å². The highest BCUT2D eigenvalue weighted by Crippen LogP contribution is 2.13. The van der Waals surface area contributed by atoms with E-state index in [0.717, 1.165) is 18.5 Å². The number of sulfone groups is 1. The molecule has 6 heteroatoms. The lowest BCUT2D eigenvalue weighted by molar-refractivity contribution is 0.523. The zero-order valence-electron chi connectivity index (χ0n) is 10.9. The van der Waals surface area contributed by atoms with Crippen LogP contribution in [0.25, 0.3) is 0 Å². The fourth-order valence-corrected chi connectivity index (χ4v) is 1.72. The summed E-state index contributed by atoms with van der Waals surface area (Å²) in [6, 6.07) is 0. The predicted molar refractivity (Wildman–Crippen MR) is 68.7 cm³/mol. The maximum atomic E-state index is 11.5. The zero-order valence-corrected chi connectivity index (χ0v) is 11.7. The highest BCUT2D eigenvalue weighted by molar-refractivity contribution is 7.92. The van der Waals surface area contributed by atoms with Gasteiger partial charge in [-0.1, -0.05) is 0 Å². The standard InChI is InChI=1S/C11H21N3O2S/c1-11(2,17(4,15)16)9-12-6-5-10-7-13-14(3)8-10/h7-8,12H,5-6,9H2,1-4H3. The molecule has 0 fully saturated rings. The van der Waals surface area contributed by atoms with E-state index >= 15 is 0 Å². The summed E-state index contributed by atoms with van der Waals surface area (Å²) in [5.74, 6) is 0. The molecule has 0 saturated heterocycles. The number of nitrogens with one attached hydrogen (secondary N) is 1. The first kappa shape index (κ1) is 14.2. The summed E-state index contributed by atoms with van der Waals surface area (Å²) in [6.45, 7) is 4.69. The Morgan fingerprint density at radius 1 is 1.47 bits per heavy atom. The van der Waals surface area contributed by atoms with Crippen LogP contribution < -0.4 is 5.32 Å². The van der Waals surface area contributed by atoms with Gasteiger partial charge in [0.1, 0.15) is 0 Å². The molecule has 0 aliphatic rings. The minimum Gasteiger partial charge on any atom is -0.315 e. The molecule has 1 aromatic heterocycles. The molecule has 0 atom stereocenters. The number of hydrogen-bond acceptors (Lipinski definition) is 4. The zero-order chi connectivity index (χ0) is 13.1. The largest absolute Gasteiger partial charge is 0.315 e. The molecular formula is C11H21N3O2S. The molecule has 0 amide bonds. The third kappa shape index (κ3) is 4.12. The van der Waals surface area contributed by atoms with Crippen molar-refractivity contribution in [3.63, 3.8) is 0 Å². The molecule has 1 aromatic rings. The molecule has 0 bridgehead atoms. The van der Waals surface area contributed by atoms with E-state index in [1.807, 2.05) is 19.4 Å². The van der Waals surface area contributed by atoms with Crippen molar-refractivity contribution >= 4 is 9.84 Å². The van der Waals surface area contributed by atoms with Gasteiger partial charge in [0.15, 0.2) is 9.84 Å². The van der Waals surface area contributed by atoms with Crippen LogP contribution in [-0.2, 0) is 23.3 Å². The average Bonchev–Trinajstić information content (AvgIpc) is 2.57. The van der Waals surface area contributed by atoms with Crippen molar-refractivity contribution in [1.29, 1.82) is 0 Å². The molecule has 0 unspecified atom stereocenters. The van der Waals surface area contributed by atoms with Crippen molar-refractivity contribution < 1.29 is 8.42 Å². The van der Waals surface area contributed by atoms with E-state index in [-0.39, 0.29) is 0 Å². The van der Waals surface area contributed by atoms with Gasteiger partial charge in [0.25, 0.3) is 0 Å². The Morgan fingerprint density at radius 2 is 2.12 bits per heavy atom.